The maximum absolute atomic E-state index is 10.4. The molecule has 1 aromatic rings. The molecule has 2 heteroatoms. The molecule has 0 heterocycles. The van der Waals surface area contributed by atoms with Crippen LogP contribution in [0.3, 0.4) is 0 Å². The number of amides is 1. The lowest BCUT2D eigenvalue weighted by Gasteiger charge is -2.23. The number of fused-ring (bicyclic) bond motifs is 5. The van der Waals surface area contributed by atoms with Crippen LogP contribution in [0.5, 0.6) is 0 Å². The van der Waals surface area contributed by atoms with Crippen molar-refractivity contribution in [2.24, 2.45) is 0 Å². The van der Waals surface area contributed by atoms with Gasteiger partial charge in [-0.05, 0) is 29.9 Å². The van der Waals surface area contributed by atoms with Crippen molar-refractivity contribution >= 4 is 6.41 Å². The lowest BCUT2D eigenvalue weighted by molar-refractivity contribution is -0.110. The third-order valence-corrected chi connectivity index (χ3v) is 3.68. The van der Waals surface area contributed by atoms with Crippen molar-refractivity contribution in [3.05, 3.63) is 35.4 Å². The van der Waals surface area contributed by atoms with Crippen LogP contribution in [0.4, 0.5) is 0 Å². The van der Waals surface area contributed by atoms with E-state index in [2.05, 4.69) is 29.6 Å². The van der Waals surface area contributed by atoms with E-state index in [9.17, 15) is 4.79 Å². The minimum absolute atomic E-state index is 0.382. The molecule has 14 heavy (non-hydrogen) atoms. The quantitative estimate of drug-likeness (QED) is 0.702. The molecule has 0 aliphatic heterocycles. The molecule has 0 spiro atoms. The van der Waals surface area contributed by atoms with E-state index in [1.54, 1.807) is 0 Å². The van der Waals surface area contributed by atoms with Crippen molar-refractivity contribution in [3.63, 3.8) is 0 Å². The highest BCUT2D eigenvalue weighted by Crippen LogP contribution is 2.52. The van der Waals surface area contributed by atoms with Gasteiger partial charge in [0.1, 0.15) is 0 Å². The summed E-state index contributed by atoms with van der Waals surface area (Å²) in [6, 6.07) is 9.03. The van der Waals surface area contributed by atoms with Crippen LogP contribution in [-0.2, 0) is 4.79 Å². The molecule has 0 saturated heterocycles. The van der Waals surface area contributed by atoms with Gasteiger partial charge in [-0.1, -0.05) is 24.3 Å². The molecular weight excluding hydrogens is 174 g/mol. The van der Waals surface area contributed by atoms with Gasteiger partial charge in [0.25, 0.3) is 0 Å². The highest BCUT2D eigenvalue weighted by Gasteiger charge is 2.43. The Morgan fingerprint density at radius 1 is 1.21 bits per heavy atom. The summed E-state index contributed by atoms with van der Waals surface area (Å²) in [5.74, 6) is 1.26. The maximum Gasteiger partial charge on any atom is 0.207 e. The topological polar surface area (TPSA) is 29.1 Å². The summed E-state index contributed by atoms with van der Waals surface area (Å²) in [5.41, 5.74) is 2.98. The van der Waals surface area contributed by atoms with Crippen LogP contribution < -0.4 is 5.32 Å². The summed E-state index contributed by atoms with van der Waals surface area (Å²) in [4.78, 5) is 10.4. The van der Waals surface area contributed by atoms with Gasteiger partial charge in [0.2, 0.25) is 6.41 Å². The minimum Gasteiger partial charge on any atom is -0.355 e. The maximum atomic E-state index is 10.4. The molecule has 1 N–H and O–H groups in total. The fourth-order valence-electron chi connectivity index (χ4n) is 3.13. The van der Waals surface area contributed by atoms with Crippen LogP contribution in [0, 0.1) is 0 Å². The first kappa shape index (κ1) is 8.04. The lowest BCUT2D eigenvalue weighted by Crippen LogP contribution is -2.31. The second-order valence-electron chi connectivity index (χ2n) is 4.29. The van der Waals surface area contributed by atoms with Crippen LogP contribution in [0.1, 0.15) is 35.8 Å². The molecule has 0 unspecified atom stereocenters. The molecule has 0 radical (unpaired) electrons. The third-order valence-electron chi connectivity index (χ3n) is 3.68. The molecule has 72 valence electrons. The van der Waals surface area contributed by atoms with Crippen molar-refractivity contribution in [2.75, 3.05) is 0 Å². The first-order valence-electron chi connectivity index (χ1n) is 5.18. The van der Waals surface area contributed by atoms with E-state index in [1.807, 2.05) is 0 Å². The van der Waals surface area contributed by atoms with Crippen molar-refractivity contribution in [2.45, 2.75) is 30.7 Å². The summed E-state index contributed by atoms with van der Waals surface area (Å²) in [6.07, 6.45) is 3.19. The first-order chi connectivity index (χ1) is 6.90. The van der Waals surface area contributed by atoms with E-state index >= 15 is 0 Å². The highest BCUT2D eigenvalue weighted by molar-refractivity contribution is 5.50. The summed E-state index contributed by atoms with van der Waals surface area (Å²) in [6.45, 7) is 0. The van der Waals surface area contributed by atoms with E-state index in [0.717, 1.165) is 12.8 Å². The predicted molar refractivity (Wildman–Crippen MR) is 54.1 cm³/mol. The van der Waals surface area contributed by atoms with Gasteiger partial charge < -0.3 is 5.32 Å². The Kier molecular flexibility index (Phi) is 1.63. The Labute approximate surface area is 83.3 Å². The molecule has 3 rings (SSSR count). The van der Waals surface area contributed by atoms with Crippen LogP contribution in [0.25, 0.3) is 0 Å². The molecule has 0 aromatic heterocycles. The summed E-state index contributed by atoms with van der Waals surface area (Å²) < 4.78 is 0. The summed E-state index contributed by atoms with van der Waals surface area (Å²) >= 11 is 0. The van der Waals surface area contributed by atoms with Gasteiger partial charge in [-0.2, -0.15) is 0 Å². The van der Waals surface area contributed by atoms with Crippen LogP contribution >= 0.6 is 0 Å². The van der Waals surface area contributed by atoms with Gasteiger partial charge in [-0.3, -0.25) is 4.79 Å². The lowest BCUT2D eigenvalue weighted by atomic mass is 9.88. The zero-order valence-electron chi connectivity index (χ0n) is 7.94. The van der Waals surface area contributed by atoms with Crippen molar-refractivity contribution < 1.29 is 4.79 Å². The molecule has 1 fully saturated rings. The Morgan fingerprint density at radius 3 is 2.79 bits per heavy atom. The van der Waals surface area contributed by atoms with Crippen LogP contribution in [0.2, 0.25) is 0 Å². The van der Waals surface area contributed by atoms with Gasteiger partial charge in [-0.25, -0.2) is 0 Å². The normalized spacial score (nSPS) is 32.7. The average molecular weight is 187 g/mol. The number of nitrogens with one attached hydrogen (secondary N) is 1. The van der Waals surface area contributed by atoms with Gasteiger partial charge >= 0.3 is 0 Å². The second kappa shape index (κ2) is 2.84. The van der Waals surface area contributed by atoms with Gasteiger partial charge in [0, 0.05) is 12.0 Å². The van der Waals surface area contributed by atoms with Gasteiger partial charge in [0.05, 0.1) is 0 Å². The summed E-state index contributed by atoms with van der Waals surface area (Å²) in [5, 5.41) is 2.94. The molecule has 1 saturated carbocycles. The van der Waals surface area contributed by atoms with Crippen molar-refractivity contribution in [1.82, 2.24) is 5.32 Å². The zero-order chi connectivity index (χ0) is 9.54. The SMILES string of the molecule is O=CN[C@H]1C[C@@H]2C[C@@H]1c1ccccc12. The Balaban J connectivity index is 1.98. The molecular formula is C12H13NO. The number of carbonyl (C=O) groups excluding carboxylic acids is 1. The Bertz CT molecular complexity index is 374. The predicted octanol–water partition coefficient (Wildman–Crippen LogP) is 1.78. The number of hydrogen-bond acceptors (Lipinski definition) is 1. The number of carbonyl (C=O) groups is 1. The van der Waals surface area contributed by atoms with Crippen LogP contribution in [0.15, 0.2) is 24.3 Å². The minimum atomic E-state index is 0.382. The smallest absolute Gasteiger partial charge is 0.207 e. The molecule has 2 nitrogen and oxygen atoms in total. The number of rotatable bonds is 2. The van der Waals surface area contributed by atoms with Crippen LogP contribution in [-0.4, -0.2) is 12.5 Å². The molecule has 2 aliphatic rings. The monoisotopic (exact) mass is 187 g/mol. The fourth-order valence-corrected chi connectivity index (χ4v) is 3.13. The average Bonchev–Trinajstić information content (AvgIpc) is 2.77. The molecule has 1 amide bonds. The Morgan fingerprint density at radius 2 is 2.00 bits per heavy atom. The first-order valence-corrected chi connectivity index (χ1v) is 5.18. The third kappa shape index (κ3) is 0.939. The zero-order valence-corrected chi connectivity index (χ0v) is 7.94. The van der Waals surface area contributed by atoms with Gasteiger partial charge in [0.15, 0.2) is 0 Å². The Hall–Kier alpha value is -1.31. The van der Waals surface area contributed by atoms with Crippen molar-refractivity contribution in [3.8, 4) is 0 Å². The fraction of sp³-hybridized carbons (Fsp3) is 0.417. The van der Waals surface area contributed by atoms with Gasteiger partial charge in [-0.15, -0.1) is 0 Å². The largest absolute Gasteiger partial charge is 0.355 e. The molecule has 2 bridgehead atoms. The van der Waals surface area contributed by atoms with E-state index in [-0.39, 0.29) is 0 Å². The van der Waals surface area contributed by atoms with E-state index < -0.39 is 0 Å². The standard InChI is InChI=1S/C12H13NO/c14-7-13-12-6-8-5-11(12)10-4-2-1-3-9(8)10/h1-4,7-8,11-12H,5-6H2,(H,13,14)/t8-,11+,12-/m0/s1. The van der Waals surface area contributed by atoms with E-state index in [4.69, 9.17) is 0 Å². The van der Waals surface area contributed by atoms with E-state index in [1.165, 1.54) is 17.5 Å². The summed E-state index contributed by atoms with van der Waals surface area (Å²) in [7, 11) is 0. The van der Waals surface area contributed by atoms with E-state index in [0.29, 0.717) is 17.9 Å². The molecule has 1 aromatic carbocycles. The second-order valence-corrected chi connectivity index (χ2v) is 4.29. The highest BCUT2D eigenvalue weighted by atomic mass is 16.1. The van der Waals surface area contributed by atoms with Crippen molar-refractivity contribution in [1.29, 1.82) is 0 Å². The molecule has 2 aliphatic carbocycles. The number of hydrogen-bond donors (Lipinski definition) is 1. The molecule has 3 atom stereocenters. The number of benzene rings is 1.